The third-order valence-corrected chi connectivity index (χ3v) is 3.72. The molecule has 2 atom stereocenters. The van der Waals surface area contributed by atoms with Crippen LogP contribution in [-0.2, 0) is 0 Å². The number of piperidine rings is 1. The highest BCUT2D eigenvalue weighted by Crippen LogP contribution is 2.18. The fourth-order valence-electron chi connectivity index (χ4n) is 2.61. The summed E-state index contributed by atoms with van der Waals surface area (Å²) in [6.07, 6.45) is 3.30. The van der Waals surface area contributed by atoms with Gasteiger partial charge in [0, 0.05) is 17.6 Å². The van der Waals surface area contributed by atoms with Crippen molar-refractivity contribution in [1.29, 1.82) is 0 Å². The van der Waals surface area contributed by atoms with E-state index >= 15 is 0 Å². The van der Waals surface area contributed by atoms with Gasteiger partial charge >= 0.3 is 0 Å². The first-order valence-corrected chi connectivity index (χ1v) is 7.27. The van der Waals surface area contributed by atoms with Crippen LogP contribution in [0.25, 0.3) is 11.5 Å². The van der Waals surface area contributed by atoms with Crippen LogP contribution in [0.4, 0.5) is 0 Å². The molecule has 2 N–H and O–H groups in total. The standard InChI is InChI=1S/C16H19N3O2/c1-11-9-13(7-8-17-11)18-15(20)14-10-21-16(19-14)12-5-3-2-4-6-12/h2-6,10-11,13,17H,7-9H2,1H3,(H,18,20). The number of rotatable bonds is 3. The maximum Gasteiger partial charge on any atom is 0.273 e. The first-order valence-electron chi connectivity index (χ1n) is 7.27. The Balaban J connectivity index is 1.67. The second kappa shape index (κ2) is 6.10. The number of nitrogens with one attached hydrogen (secondary N) is 2. The van der Waals surface area contributed by atoms with Gasteiger partial charge in [0.2, 0.25) is 5.89 Å². The first kappa shape index (κ1) is 13.8. The van der Waals surface area contributed by atoms with Crippen LogP contribution in [0.5, 0.6) is 0 Å². The minimum absolute atomic E-state index is 0.167. The van der Waals surface area contributed by atoms with Crippen molar-refractivity contribution < 1.29 is 9.21 Å². The van der Waals surface area contributed by atoms with E-state index in [9.17, 15) is 4.79 Å². The van der Waals surface area contributed by atoms with Gasteiger partial charge in [-0.3, -0.25) is 4.79 Å². The van der Waals surface area contributed by atoms with Crippen molar-refractivity contribution >= 4 is 5.91 Å². The minimum atomic E-state index is -0.167. The van der Waals surface area contributed by atoms with E-state index in [4.69, 9.17) is 4.42 Å². The molecule has 2 aromatic rings. The third-order valence-electron chi connectivity index (χ3n) is 3.72. The molecule has 5 nitrogen and oxygen atoms in total. The maximum atomic E-state index is 12.2. The number of aromatic nitrogens is 1. The fraction of sp³-hybridized carbons (Fsp3) is 0.375. The molecule has 3 rings (SSSR count). The van der Waals surface area contributed by atoms with Crippen LogP contribution in [0.2, 0.25) is 0 Å². The lowest BCUT2D eigenvalue weighted by atomic mass is 10.0. The summed E-state index contributed by atoms with van der Waals surface area (Å²) in [7, 11) is 0. The van der Waals surface area contributed by atoms with Gasteiger partial charge in [-0.15, -0.1) is 0 Å². The zero-order valence-electron chi connectivity index (χ0n) is 12.0. The summed E-state index contributed by atoms with van der Waals surface area (Å²) in [4.78, 5) is 16.5. The van der Waals surface area contributed by atoms with E-state index in [1.54, 1.807) is 0 Å². The van der Waals surface area contributed by atoms with E-state index < -0.39 is 0 Å². The molecule has 1 aliphatic rings. The van der Waals surface area contributed by atoms with Crippen LogP contribution in [0.1, 0.15) is 30.3 Å². The summed E-state index contributed by atoms with van der Waals surface area (Å²) < 4.78 is 5.40. The molecule has 1 saturated heterocycles. The largest absolute Gasteiger partial charge is 0.444 e. The summed E-state index contributed by atoms with van der Waals surface area (Å²) in [5.74, 6) is 0.305. The summed E-state index contributed by atoms with van der Waals surface area (Å²) in [5, 5.41) is 6.39. The van der Waals surface area contributed by atoms with Gasteiger partial charge in [0.25, 0.3) is 5.91 Å². The van der Waals surface area contributed by atoms with Crippen molar-refractivity contribution in [2.24, 2.45) is 0 Å². The van der Waals surface area contributed by atoms with E-state index in [-0.39, 0.29) is 11.9 Å². The molecule has 0 bridgehead atoms. The molecule has 5 heteroatoms. The van der Waals surface area contributed by atoms with Gasteiger partial charge in [-0.05, 0) is 38.4 Å². The molecule has 21 heavy (non-hydrogen) atoms. The number of nitrogens with zero attached hydrogens (tertiary/aromatic N) is 1. The number of carbonyl (C=O) groups excluding carboxylic acids is 1. The zero-order chi connectivity index (χ0) is 14.7. The highest BCUT2D eigenvalue weighted by molar-refractivity contribution is 5.92. The molecule has 1 amide bonds. The van der Waals surface area contributed by atoms with Gasteiger partial charge in [-0.25, -0.2) is 4.98 Å². The molecular formula is C16H19N3O2. The van der Waals surface area contributed by atoms with Gasteiger partial charge in [0.15, 0.2) is 5.69 Å². The number of hydrogen-bond donors (Lipinski definition) is 2. The van der Waals surface area contributed by atoms with E-state index in [0.717, 1.165) is 24.9 Å². The average Bonchev–Trinajstić information content (AvgIpc) is 2.98. The Morgan fingerprint density at radius 2 is 2.19 bits per heavy atom. The molecule has 2 heterocycles. The SMILES string of the molecule is CC1CC(NC(=O)c2coc(-c3ccccc3)n2)CCN1. The lowest BCUT2D eigenvalue weighted by molar-refractivity contribution is 0.0920. The normalized spacial score (nSPS) is 22.0. The van der Waals surface area contributed by atoms with E-state index in [2.05, 4.69) is 22.5 Å². The third kappa shape index (κ3) is 3.31. The molecule has 1 aromatic carbocycles. The summed E-state index contributed by atoms with van der Waals surface area (Å²) in [6, 6.07) is 10.2. The smallest absolute Gasteiger partial charge is 0.273 e. The molecule has 0 aliphatic carbocycles. The van der Waals surface area contributed by atoms with Crippen LogP contribution in [0.3, 0.4) is 0 Å². The lowest BCUT2D eigenvalue weighted by Gasteiger charge is -2.28. The van der Waals surface area contributed by atoms with E-state index in [1.807, 2.05) is 30.3 Å². The van der Waals surface area contributed by atoms with Crippen LogP contribution in [0.15, 0.2) is 41.0 Å². The topological polar surface area (TPSA) is 67.2 Å². The highest BCUT2D eigenvalue weighted by atomic mass is 16.3. The van der Waals surface area contributed by atoms with Gasteiger partial charge in [-0.2, -0.15) is 0 Å². The van der Waals surface area contributed by atoms with Crippen LogP contribution in [0, 0.1) is 0 Å². The molecular weight excluding hydrogens is 266 g/mol. The first-order chi connectivity index (χ1) is 10.2. The molecule has 1 aromatic heterocycles. The summed E-state index contributed by atoms with van der Waals surface area (Å²) in [5.41, 5.74) is 1.20. The maximum absolute atomic E-state index is 12.2. The predicted octanol–water partition coefficient (Wildman–Crippen LogP) is 2.21. The Bertz CT molecular complexity index is 609. The minimum Gasteiger partial charge on any atom is -0.444 e. The Labute approximate surface area is 123 Å². The number of oxazole rings is 1. The molecule has 0 spiro atoms. The van der Waals surface area contributed by atoms with E-state index in [0.29, 0.717) is 17.6 Å². The van der Waals surface area contributed by atoms with Crippen molar-refractivity contribution in [2.75, 3.05) is 6.54 Å². The molecule has 0 saturated carbocycles. The summed E-state index contributed by atoms with van der Waals surface area (Å²) in [6.45, 7) is 3.06. The molecule has 0 radical (unpaired) electrons. The highest BCUT2D eigenvalue weighted by Gasteiger charge is 2.22. The van der Waals surface area contributed by atoms with Crippen molar-refractivity contribution in [3.8, 4) is 11.5 Å². The molecule has 1 aliphatic heterocycles. The van der Waals surface area contributed by atoms with Crippen molar-refractivity contribution in [2.45, 2.75) is 31.8 Å². The van der Waals surface area contributed by atoms with Crippen molar-refractivity contribution in [1.82, 2.24) is 15.6 Å². The van der Waals surface area contributed by atoms with E-state index in [1.165, 1.54) is 6.26 Å². The number of benzene rings is 1. The Kier molecular flexibility index (Phi) is 4.01. The van der Waals surface area contributed by atoms with Crippen LogP contribution >= 0.6 is 0 Å². The van der Waals surface area contributed by atoms with Gasteiger partial charge in [-0.1, -0.05) is 18.2 Å². The van der Waals surface area contributed by atoms with Crippen LogP contribution in [-0.4, -0.2) is 29.5 Å². The Morgan fingerprint density at radius 3 is 2.95 bits per heavy atom. The average molecular weight is 285 g/mol. The molecule has 2 unspecified atom stereocenters. The second-order valence-electron chi connectivity index (χ2n) is 5.45. The lowest BCUT2D eigenvalue weighted by Crippen LogP contribution is -2.46. The van der Waals surface area contributed by atoms with Crippen molar-refractivity contribution in [3.63, 3.8) is 0 Å². The number of amides is 1. The predicted molar refractivity (Wildman–Crippen MR) is 79.9 cm³/mol. The van der Waals surface area contributed by atoms with Gasteiger partial charge < -0.3 is 15.1 Å². The summed E-state index contributed by atoms with van der Waals surface area (Å²) >= 11 is 0. The number of carbonyl (C=O) groups is 1. The molecule has 110 valence electrons. The zero-order valence-corrected chi connectivity index (χ0v) is 12.0. The monoisotopic (exact) mass is 285 g/mol. The van der Waals surface area contributed by atoms with Gasteiger partial charge in [0.1, 0.15) is 6.26 Å². The Hall–Kier alpha value is -2.14. The van der Waals surface area contributed by atoms with Gasteiger partial charge in [0.05, 0.1) is 0 Å². The quantitative estimate of drug-likeness (QED) is 0.907. The van der Waals surface area contributed by atoms with Crippen LogP contribution < -0.4 is 10.6 Å². The molecule has 1 fully saturated rings. The number of hydrogen-bond acceptors (Lipinski definition) is 4. The Morgan fingerprint density at radius 1 is 1.38 bits per heavy atom. The van der Waals surface area contributed by atoms with Crippen molar-refractivity contribution in [3.05, 3.63) is 42.3 Å². The fourth-order valence-corrected chi connectivity index (χ4v) is 2.61. The second-order valence-corrected chi connectivity index (χ2v) is 5.45.